The number of fused-ring (bicyclic) bond motifs is 3. The summed E-state index contributed by atoms with van der Waals surface area (Å²) in [6.45, 7) is 5.31. The second-order valence-corrected chi connectivity index (χ2v) is 8.89. The maximum Gasteiger partial charge on any atom is 0.410 e. The van der Waals surface area contributed by atoms with Gasteiger partial charge in [-0.3, -0.25) is 9.69 Å². The Labute approximate surface area is 187 Å². The SMILES string of the molecule is CN(C(=O)OCC1c2ccccc2-c2ccccc21)[C@@H](CCC(=O)OC(C)(C)C)C(=O)O. The number of ether oxygens (including phenoxy) is 2. The van der Waals surface area contributed by atoms with Gasteiger partial charge < -0.3 is 14.6 Å². The molecule has 170 valence electrons. The Morgan fingerprint density at radius 3 is 2.03 bits per heavy atom. The van der Waals surface area contributed by atoms with Gasteiger partial charge in [0.15, 0.2) is 0 Å². The zero-order valence-corrected chi connectivity index (χ0v) is 18.8. The number of likely N-dealkylation sites (N-methyl/N-ethyl adjacent to an activating group) is 1. The fraction of sp³-hybridized carbons (Fsp3) is 0.400. The van der Waals surface area contributed by atoms with Crippen LogP contribution in [0, 0.1) is 0 Å². The third kappa shape index (κ3) is 5.28. The van der Waals surface area contributed by atoms with Gasteiger partial charge in [-0.1, -0.05) is 48.5 Å². The molecule has 0 saturated carbocycles. The van der Waals surface area contributed by atoms with Gasteiger partial charge in [-0.05, 0) is 49.4 Å². The molecule has 1 amide bonds. The summed E-state index contributed by atoms with van der Waals surface area (Å²) < 4.78 is 10.8. The molecule has 1 aliphatic carbocycles. The topological polar surface area (TPSA) is 93.1 Å². The van der Waals surface area contributed by atoms with E-state index in [0.29, 0.717) is 0 Å². The number of hydrogen-bond donors (Lipinski definition) is 1. The highest BCUT2D eigenvalue weighted by Gasteiger charge is 2.32. The number of benzene rings is 2. The summed E-state index contributed by atoms with van der Waals surface area (Å²) >= 11 is 0. The first kappa shape index (κ1) is 23.3. The second kappa shape index (κ2) is 9.42. The van der Waals surface area contributed by atoms with Crippen molar-refractivity contribution >= 4 is 18.0 Å². The van der Waals surface area contributed by atoms with E-state index in [9.17, 15) is 19.5 Å². The number of nitrogens with zero attached hydrogens (tertiary/aromatic N) is 1. The average molecular weight is 440 g/mol. The zero-order chi connectivity index (χ0) is 23.5. The van der Waals surface area contributed by atoms with Gasteiger partial charge in [-0.2, -0.15) is 0 Å². The smallest absolute Gasteiger partial charge is 0.410 e. The number of carboxylic acids is 1. The minimum atomic E-state index is -1.20. The summed E-state index contributed by atoms with van der Waals surface area (Å²) in [5.74, 6) is -1.83. The molecule has 1 N–H and O–H groups in total. The van der Waals surface area contributed by atoms with E-state index >= 15 is 0 Å². The maximum atomic E-state index is 12.7. The third-order valence-electron chi connectivity index (χ3n) is 5.42. The van der Waals surface area contributed by atoms with Crippen molar-refractivity contribution in [3.8, 4) is 11.1 Å². The lowest BCUT2D eigenvalue weighted by Gasteiger charge is -2.25. The van der Waals surface area contributed by atoms with Crippen LogP contribution in [0.2, 0.25) is 0 Å². The summed E-state index contributed by atoms with van der Waals surface area (Å²) in [5.41, 5.74) is 3.71. The van der Waals surface area contributed by atoms with Crippen LogP contribution < -0.4 is 0 Å². The molecule has 0 radical (unpaired) electrons. The lowest BCUT2D eigenvalue weighted by molar-refractivity contribution is -0.155. The first-order valence-corrected chi connectivity index (χ1v) is 10.6. The molecule has 0 heterocycles. The molecule has 0 fully saturated rings. The largest absolute Gasteiger partial charge is 0.480 e. The van der Waals surface area contributed by atoms with Gasteiger partial charge in [-0.25, -0.2) is 9.59 Å². The van der Waals surface area contributed by atoms with Gasteiger partial charge in [0, 0.05) is 19.4 Å². The molecule has 3 rings (SSSR count). The molecule has 0 aromatic heterocycles. The van der Waals surface area contributed by atoms with E-state index < -0.39 is 29.7 Å². The van der Waals surface area contributed by atoms with Gasteiger partial charge >= 0.3 is 18.0 Å². The summed E-state index contributed by atoms with van der Waals surface area (Å²) in [7, 11) is 1.37. The van der Waals surface area contributed by atoms with Crippen molar-refractivity contribution in [1.29, 1.82) is 0 Å². The highest BCUT2D eigenvalue weighted by molar-refractivity contribution is 5.81. The van der Waals surface area contributed by atoms with E-state index in [4.69, 9.17) is 9.47 Å². The van der Waals surface area contributed by atoms with Crippen LogP contribution in [-0.4, -0.2) is 53.3 Å². The number of carbonyl (C=O) groups excluding carboxylic acids is 2. The van der Waals surface area contributed by atoms with Crippen molar-refractivity contribution in [3.63, 3.8) is 0 Å². The van der Waals surface area contributed by atoms with Gasteiger partial charge in [0.1, 0.15) is 18.2 Å². The van der Waals surface area contributed by atoms with Crippen LogP contribution in [-0.2, 0) is 19.1 Å². The van der Waals surface area contributed by atoms with Crippen molar-refractivity contribution in [2.75, 3.05) is 13.7 Å². The monoisotopic (exact) mass is 439 g/mol. The van der Waals surface area contributed by atoms with Crippen LogP contribution in [0.15, 0.2) is 48.5 Å². The first-order valence-electron chi connectivity index (χ1n) is 10.6. The summed E-state index contributed by atoms with van der Waals surface area (Å²) in [4.78, 5) is 37.4. The number of carbonyl (C=O) groups is 3. The number of carboxylic acid groups (broad SMARTS) is 1. The van der Waals surface area contributed by atoms with E-state index in [1.807, 2.05) is 48.5 Å². The van der Waals surface area contributed by atoms with E-state index in [-0.39, 0.29) is 25.4 Å². The molecular formula is C25H29NO6. The molecule has 0 bridgehead atoms. The Bertz CT molecular complexity index is 964. The predicted molar refractivity (Wildman–Crippen MR) is 119 cm³/mol. The lowest BCUT2D eigenvalue weighted by Crippen LogP contribution is -2.43. The van der Waals surface area contributed by atoms with Crippen molar-refractivity contribution in [3.05, 3.63) is 59.7 Å². The molecule has 0 saturated heterocycles. The number of amides is 1. The molecular weight excluding hydrogens is 410 g/mol. The zero-order valence-electron chi connectivity index (χ0n) is 18.8. The summed E-state index contributed by atoms with van der Waals surface area (Å²) in [6, 6.07) is 14.7. The minimum Gasteiger partial charge on any atom is -0.480 e. The van der Waals surface area contributed by atoms with Gasteiger partial charge in [0.05, 0.1) is 0 Å². The Morgan fingerprint density at radius 2 is 1.53 bits per heavy atom. The van der Waals surface area contributed by atoms with Crippen LogP contribution >= 0.6 is 0 Å². The molecule has 7 heteroatoms. The van der Waals surface area contributed by atoms with Crippen LogP contribution in [0.25, 0.3) is 11.1 Å². The van der Waals surface area contributed by atoms with Gasteiger partial charge in [-0.15, -0.1) is 0 Å². The fourth-order valence-corrected chi connectivity index (χ4v) is 3.95. The quantitative estimate of drug-likeness (QED) is 0.641. The molecule has 2 aromatic carbocycles. The molecule has 32 heavy (non-hydrogen) atoms. The lowest BCUT2D eigenvalue weighted by atomic mass is 9.98. The number of esters is 1. The Kier molecular flexibility index (Phi) is 6.87. The van der Waals surface area contributed by atoms with Crippen LogP contribution in [0.1, 0.15) is 50.7 Å². The number of rotatable bonds is 7. The van der Waals surface area contributed by atoms with Crippen molar-refractivity contribution in [2.45, 2.75) is 51.2 Å². The summed E-state index contributed by atoms with van der Waals surface area (Å²) in [5, 5.41) is 9.58. The second-order valence-electron chi connectivity index (χ2n) is 8.89. The molecule has 1 aliphatic rings. The van der Waals surface area contributed by atoms with E-state index in [0.717, 1.165) is 27.2 Å². The predicted octanol–water partition coefficient (Wildman–Crippen LogP) is 4.44. The van der Waals surface area contributed by atoms with Crippen LogP contribution in [0.5, 0.6) is 0 Å². The normalized spacial score (nSPS) is 13.6. The Hall–Kier alpha value is -3.35. The number of hydrogen-bond acceptors (Lipinski definition) is 5. The highest BCUT2D eigenvalue weighted by atomic mass is 16.6. The van der Waals surface area contributed by atoms with Crippen LogP contribution in [0.4, 0.5) is 4.79 Å². The molecule has 0 spiro atoms. The van der Waals surface area contributed by atoms with E-state index in [1.165, 1.54) is 7.05 Å². The third-order valence-corrected chi connectivity index (χ3v) is 5.42. The maximum absolute atomic E-state index is 12.7. The van der Waals surface area contributed by atoms with Crippen molar-refractivity contribution in [2.24, 2.45) is 0 Å². The molecule has 0 unspecified atom stereocenters. The van der Waals surface area contributed by atoms with Crippen LogP contribution in [0.3, 0.4) is 0 Å². The van der Waals surface area contributed by atoms with Gasteiger partial charge in [0.25, 0.3) is 0 Å². The van der Waals surface area contributed by atoms with Gasteiger partial charge in [0.2, 0.25) is 0 Å². The van der Waals surface area contributed by atoms with Crippen molar-refractivity contribution < 1.29 is 29.0 Å². The molecule has 1 atom stereocenters. The summed E-state index contributed by atoms with van der Waals surface area (Å²) in [6.07, 6.45) is -0.927. The average Bonchev–Trinajstić information content (AvgIpc) is 3.04. The van der Waals surface area contributed by atoms with E-state index in [2.05, 4.69) is 0 Å². The van der Waals surface area contributed by atoms with E-state index in [1.54, 1.807) is 20.8 Å². The highest BCUT2D eigenvalue weighted by Crippen LogP contribution is 2.44. The Balaban J connectivity index is 1.64. The first-order chi connectivity index (χ1) is 15.1. The van der Waals surface area contributed by atoms with Crippen molar-refractivity contribution in [1.82, 2.24) is 4.90 Å². The molecule has 7 nitrogen and oxygen atoms in total. The number of aliphatic carboxylic acids is 1. The standard InChI is InChI=1S/C25H29NO6/c1-25(2,3)32-22(27)14-13-21(23(28)29)26(4)24(30)31-15-20-18-11-7-5-9-16(18)17-10-6-8-12-19(17)20/h5-12,20-21H,13-15H2,1-4H3,(H,28,29)/t21-/m0/s1. The fourth-order valence-electron chi connectivity index (χ4n) is 3.95. The molecule has 2 aromatic rings. The minimum absolute atomic E-state index is 0.0645. The Morgan fingerprint density at radius 1 is 1.00 bits per heavy atom. The molecule has 0 aliphatic heterocycles.